The van der Waals surface area contributed by atoms with Crippen LogP contribution in [0.5, 0.6) is 0 Å². The predicted octanol–water partition coefficient (Wildman–Crippen LogP) is 6.07. The molecule has 1 aromatic carbocycles. The third-order valence-electron chi connectivity index (χ3n) is 9.49. The topological polar surface area (TPSA) is 121 Å². The first kappa shape index (κ1) is 33.6. The van der Waals surface area contributed by atoms with Gasteiger partial charge in [0, 0.05) is 24.9 Å². The van der Waals surface area contributed by atoms with Crippen molar-refractivity contribution in [3.8, 4) is 0 Å². The number of fused-ring (bicyclic) bond motifs is 1. The lowest BCUT2D eigenvalue weighted by atomic mass is 10.1. The van der Waals surface area contributed by atoms with Crippen LogP contribution < -0.4 is 5.32 Å². The molecule has 1 saturated carbocycles. The molecule has 1 aliphatic carbocycles. The molecule has 2 aromatic heterocycles. The Balaban J connectivity index is 1.39. The summed E-state index contributed by atoms with van der Waals surface area (Å²) in [6, 6.07) is 11.3. The van der Waals surface area contributed by atoms with Crippen LogP contribution in [-0.4, -0.2) is 72.6 Å². The standard InChI is InChI=1S/C33H49N5O5Si2/c1-21(2)44(22(3)4)41-19-26-16-29(31(40)32(26)42-45(43-44,23(5)6)24(7)8)36-33-27(17-34-20-35-33)30(39)28-14-15-38(37-28)18-25-12-10-9-11-13-25/h9-15,17,20-24,26,29,31-32,40H,16,18-19H2,1-8H3,(H,34,35,36)/t26-,29-,31-,32-/m1/s1. The van der Waals surface area contributed by atoms with E-state index in [1.54, 1.807) is 16.9 Å². The van der Waals surface area contributed by atoms with Crippen LogP contribution in [0.4, 0.5) is 5.82 Å². The second-order valence-electron chi connectivity index (χ2n) is 13.8. The molecule has 0 amide bonds. The highest BCUT2D eigenvalue weighted by molar-refractivity contribution is 6.84. The van der Waals surface area contributed by atoms with Gasteiger partial charge in [0.15, 0.2) is 0 Å². The average molecular weight is 652 g/mol. The van der Waals surface area contributed by atoms with E-state index in [2.05, 4.69) is 75.8 Å². The first-order valence-electron chi connectivity index (χ1n) is 16.3. The highest BCUT2D eigenvalue weighted by atomic mass is 28.5. The van der Waals surface area contributed by atoms with Crippen molar-refractivity contribution < 1.29 is 22.9 Å². The van der Waals surface area contributed by atoms with Crippen molar-refractivity contribution in [2.45, 2.75) is 109 Å². The molecule has 1 aliphatic heterocycles. The van der Waals surface area contributed by atoms with Gasteiger partial charge in [0.25, 0.3) is 0 Å². The van der Waals surface area contributed by atoms with E-state index in [0.29, 0.717) is 36.6 Å². The normalized spacial score (nSPS) is 24.6. The average Bonchev–Trinajstić information content (AvgIpc) is 3.57. The van der Waals surface area contributed by atoms with Crippen LogP contribution in [0.25, 0.3) is 0 Å². The number of aliphatic hydroxyl groups is 1. The summed E-state index contributed by atoms with van der Waals surface area (Å²) < 4.78 is 23.1. The van der Waals surface area contributed by atoms with E-state index in [1.807, 2.05) is 30.3 Å². The minimum absolute atomic E-state index is 0.0372. The lowest BCUT2D eigenvalue weighted by molar-refractivity contribution is -0.0188. The molecule has 0 bridgehead atoms. The number of rotatable bonds is 10. The van der Waals surface area contributed by atoms with Gasteiger partial charge in [-0.1, -0.05) is 85.7 Å². The van der Waals surface area contributed by atoms with Gasteiger partial charge in [0.2, 0.25) is 5.78 Å². The Bertz CT molecular complexity index is 1430. The second-order valence-corrected chi connectivity index (χ2v) is 22.6. The fourth-order valence-corrected chi connectivity index (χ4v) is 18.3. The van der Waals surface area contributed by atoms with E-state index in [4.69, 9.17) is 13.0 Å². The molecule has 0 unspecified atom stereocenters. The first-order chi connectivity index (χ1) is 21.4. The van der Waals surface area contributed by atoms with Crippen LogP contribution in [0.15, 0.2) is 55.1 Å². The molecule has 5 rings (SSSR count). The number of anilines is 1. The summed E-state index contributed by atoms with van der Waals surface area (Å²) in [7, 11) is -5.55. The van der Waals surface area contributed by atoms with Crippen molar-refractivity contribution in [1.82, 2.24) is 19.7 Å². The molecule has 3 heterocycles. The summed E-state index contributed by atoms with van der Waals surface area (Å²) in [5, 5.41) is 19.7. The largest absolute Gasteiger partial charge is 0.414 e. The lowest BCUT2D eigenvalue weighted by Gasteiger charge is -2.51. The molecule has 0 spiro atoms. The Morgan fingerprint density at radius 2 is 1.67 bits per heavy atom. The van der Waals surface area contributed by atoms with Gasteiger partial charge in [-0.2, -0.15) is 5.10 Å². The van der Waals surface area contributed by atoms with Crippen molar-refractivity contribution in [3.63, 3.8) is 0 Å². The second kappa shape index (κ2) is 13.5. The molecule has 2 N–H and O–H groups in total. The van der Waals surface area contributed by atoms with Gasteiger partial charge in [-0.05, 0) is 40.2 Å². The van der Waals surface area contributed by atoms with Gasteiger partial charge < -0.3 is 23.4 Å². The molecule has 3 aromatic rings. The molecule has 2 fully saturated rings. The molecule has 0 radical (unpaired) electrons. The summed E-state index contributed by atoms with van der Waals surface area (Å²) in [5.41, 5.74) is 2.51. The zero-order valence-corrected chi connectivity index (χ0v) is 29.8. The molecule has 10 nitrogen and oxygen atoms in total. The summed E-state index contributed by atoms with van der Waals surface area (Å²) in [6.07, 6.45) is 4.02. The third-order valence-corrected chi connectivity index (χ3v) is 19.7. The highest BCUT2D eigenvalue weighted by Crippen LogP contribution is 2.48. The molecule has 244 valence electrons. The van der Waals surface area contributed by atoms with Crippen molar-refractivity contribution in [3.05, 3.63) is 71.9 Å². The monoisotopic (exact) mass is 651 g/mol. The third kappa shape index (κ3) is 6.58. The number of ketones is 1. The molecule has 12 heteroatoms. The number of aromatic nitrogens is 4. The van der Waals surface area contributed by atoms with E-state index < -0.39 is 35.4 Å². The Morgan fingerprint density at radius 3 is 2.31 bits per heavy atom. The van der Waals surface area contributed by atoms with Gasteiger partial charge in [0.05, 0.1) is 30.4 Å². The molecular weight excluding hydrogens is 603 g/mol. The fourth-order valence-electron chi connectivity index (χ4n) is 7.01. The fraction of sp³-hybridized carbons (Fsp3) is 0.576. The van der Waals surface area contributed by atoms with Gasteiger partial charge >= 0.3 is 17.1 Å². The number of nitrogens with zero attached hydrogens (tertiary/aromatic N) is 4. The molecular formula is C33H49N5O5Si2. The number of nitrogens with one attached hydrogen (secondary N) is 1. The highest BCUT2D eigenvalue weighted by Gasteiger charge is 2.61. The number of aliphatic hydroxyl groups excluding tert-OH is 1. The summed E-state index contributed by atoms with van der Waals surface area (Å²) in [6.45, 7) is 18.6. The predicted molar refractivity (Wildman–Crippen MR) is 179 cm³/mol. The van der Waals surface area contributed by atoms with E-state index in [0.717, 1.165) is 5.56 Å². The van der Waals surface area contributed by atoms with E-state index >= 15 is 0 Å². The van der Waals surface area contributed by atoms with Gasteiger partial charge in [0.1, 0.15) is 17.8 Å². The summed E-state index contributed by atoms with van der Waals surface area (Å²) >= 11 is 0. The molecule has 1 saturated heterocycles. The van der Waals surface area contributed by atoms with Crippen LogP contribution in [0.1, 0.15) is 83.4 Å². The maximum Gasteiger partial charge on any atom is 0.335 e. The molecule has 4 atom stereocenters. The minimum Gasteiger partial charge on any atom is -0.414 e. The van der Waals surface area contributed by atoms with Gasteiger partial charge in [-0.3, -0.25) is 9.48 Å². The first-order valence-corrected chi connectivity index (χ1v) is 20.2. The Hall–Kier alpha value is -2.75. The summed E-state index contributed by atoms with van der Waals surface area (Å²) in [4.78, 5) is 22.2. The number of hydrogen-bond donors (Lipinski definition) is 2. The van der Waals surface area contributed by atoms with E-state index in [9.17, 15) is 9.90 Å². The Morgan fingerprint density at radius 1 is 1.00 bits per heavy atom. The van der Waals surface area contributed by atoms with Crippen molar-refractivity contribution >= 4 is 28.7 Å². The van der Waals surface area contributed by atoms with Crippen LogP contribution in [-0.2, 0) is 19.5 Å². The van der Waals surface area contributed by atoms with Crippen LogP contribution in [0, 0.1) is 5.92 Å². The quantitative estimate of drug-likeness (QED) is 0.199. The SMILES string of the molecule is CC(C)[Si]1(C(C)C)OC[C@H]2C[C@@H](Nc3ncncc3C(=O)c3ccn(Cc4ccccc4)n3)[C@@H](O)[C@@H]2O[Si](C(C)C)(C(C)C)O1. The maximum absolute atomic E-state index is 13.7. The number of hydrogen-bond acceptors (Lipinski definition) is 9. The lowest BCUT2D eigenvalue weighted by Crippen LogP contribution is -2.65. The Kier molecular flexibility index (Phi) is 10.1. The van der Waals surface area contributed by atoms with Crippen molar-refractivity contribution in [2.75, 3.05) is 11.9 Å². The number of benzene rings is 1. The zero-order valence-electron chi connectivity index (χ0n) is 27.8. The molecule has 2 aliphatic rings. The Labute approximate surface area is 269 Å². The molecule has 45 heavy (non-hydrogen) atoms. The number of carbonyl (C=O) groups is 1. The van der Waals surface area contributed by atoms with Gasteiger partial charge in [-0.25, -0.2) is 9.97 Å². The van der Waals surface area contributed by atoms with Crippen LogP contribution >= 0.6 is 0 Å². The van der Waals surface area contributed by atoms with Crippen LogP contribution in [0.3, 0.4) is 0 Å². The van der Waals surface area contributed by atoms with E-state index in [1.165, 1.54) is 12.5 Å². The van der Waals surface area contributed by atoms with Crippen molar-refractivity contribution in [2.24, 2.45) is 5.92 Å². The minimum atomic E-state index is -2.87. The van der Waals surface area contributed by atoms with Crippen LogP contribution in [0.2, 0.25) is 22.2 Å². The van der Waals surface area contributed by atoms with Gasteiger partial charge in [-0.15, -0.1) is 0 Å². The maximum atomic E-state index is 13.7. The zero-order chi connectivity index (χ0) is 32.5. The summed E-state index contributed by atoms with van der Waals surface area (Å²) in [5.74, 6) is 0.0457. The van der Waals surface area contributed by atoms with Crippen molar-refractivity contribution in [1.29, 1.82) is 0 Å². The number of carbonyl (C=O) groups excluding carboxylic acids is 1. The van der Waals surface area contributed by atoms with E-state index in [-0.39, 0.29) is 33.9 Å². The smallest absolute Gasteiger partial charge is 0.335 e.